The van der Waals surface area contributed by atoms with Crippen molar-refractivity contribution in [1.29, 1.82) is 0 Å². The largest absolute Gasteiger partial charge is 0.368 e. The molecule has 4 amide bonds. The van der Waals surface area contributed by atoms with E-state index in [-0.39, 0.29) is 5.70 Å². The molecule has 0 radical (unpaired) electrons. The molecule has 196 valence electrons. The van der Waals surface area contributed by atoms with Crippen LogP contribution in [0.1, 0.15) is 32.8 Å². The second-order valence-electron chi connectivity index (χ2n) is 8.54. The summed E-state index contributed by atoms with van der Waals surface area (Å²) in [5, 5.41) is 7.34. The highest BCUT2D eigenvalue weighted by atomic mass is 32.2. The number of nitrogens with one attached hydrogen (secondary N) is 4. The van der Waals surface area contributed by atoms with Gasteiger partial charge in [-0.2, -0.15) is 17.2 Å². The molecular formula is C24H33N5O6S. The summed E-state index contributed by atoms with van der Waals surface area (Å²) in [6.45, 7) is 4.71. The van der Waals surface area contributed by atoms with Gasteiger partial charge in [-0.1, -0.05) is 30.3 Å². The third-order valence-electron chi connectivity index (χ3n) is 4.32. The second-order valence-corrected chi connectivity index (χ2v) is 9.52. The van der Waals surface area contributed by atoms with Crippen molar-refractivity contribution in [3.8, 4) is 0 Å². The summed E-state index contributed by atoms with van der Waals surface area (Å²) < 4.78 is 0. The number of hydrogen-bond acceptors (Lipinski definition) is 8. The number of carbonyl (C=O) groups is 4. The zero-order valence-electron chi connectivity index (χ0n) is 20.8. The third kappa shape index (κ3) is 12.3. The molecule has 0 saturated carbocycles. The van der Waals surface area contributed by atoms with E-state index in [1.54, 1.807) is 51.1 Å². The molecule has 0 bridgehead atoms. The smallest absolute Gasteiger partial charge is 0.268 e. The van der Waals surface area contributed by atoms with Gasteiger partial charge in [-0.3, -0.25) is 24.0 Å². The first kappa shape index (κ1) is 30.6. The van der Waals surface area contributed by atoms with E-state index in [9.17, 15) is 24.0 Å². The average Bonchev–Trinajstić information content (AvgIpc) is 2.82. The molecule has 0 saturated heterocycles. The van der Waals surface area contributed by atoms with Crippen LogP contribution in [0.25, 0.3) is 6.08 Å². The van der Waals surface area contributed by atoms with E-state index in [0.717, 1.165) is 6.08 Å². The molecule has 0 aliphatic rings. The zero-order chi connectivity index (χ0) is 27.1. The molecule has 0 unspecified atom stereocenters. The van der Waals surface area contributed by atoms with Gasteiger partial charge in [-0.05, 0) is 50.8 Å². The Morgan fingerprint density at radius 1 is 1.17 bits per heavy atom. The van der Waals surface area contributed by atoms with Gasteiger partial charge in [0.25, 0.3) is 5.91 Å². The number of thioether (sulfide) groups is 1. The summed E-state index contributed by atoms with van der Waals surface area (Å²) in [7, 11) is 0. The first-order valence-corrected chi connectivity index (χ1v) is 12.4. The Morgan fingerprint density at radius 2 is 1.83 bits per heavy atom. The lowest BCUT2D eigenvalue weighted by molar-refractivity contribution is -0.133. The normalized spacial score (nSPS) is 13.1. The Labute approximate surface area is 214 Å². The molecule has 1 aromatic carbocycles. The van der Waals surface area contributed by atoms with E-state index in [1.807, 2.05) is 6.26 Å². The van der Waals surface area contributed by atoms with Crippen LogP contribution in [0, 0.1) is 0 Å². The summed E-state index contributed by atoms with van der Waals surface area (Å²) in [5.74, 6) is -0.755. The van der Waals surface area contributed by atoms with Gasteiger partial charge in [0, 0.05) is 6.08 Å². The van der Waals surface area contributed by atoms with Crippen LogP contribution in [0.2, 0.25) is 0 Å². The second kappa shape index (κ2) is 15.5. The minimum atomic E-state index is -1.19. The van der Waals surface area contributed by atoms with Crippen LogP contribution in [0.4, 0.5) is 0 Å². The molecule has 11 nitrogen and oxygen atoms in total. The summed E-state index contributed by atoms with van der Waals surface area (Å²) in [6, 6.07) is 6.62. The minimum absolute atomic E-state index is 0.144. The molecule has 0 aromatic heterocycles. The van der Waals surface area contributed by atoms with E-state index in [0.29, 0.717) is 17.7 Å². The Hall–Kier alpha value is -3.44. The van der Waals surface area contributed by atoms with Gasteiger partial charge in [0.15, 0.2) is 0 Å². The third-order valence-corrected chi connectivity index (χ3v) is 4.97. The first-order chi connectivity index (χ1) is 17.0. The molecule has 0 spiro atoms. The van der Waals surface area contributed by atoms with Gasteiger partial charge in [0.05, 0.1) is 12.1 Å². The number of hydroxylamine groups is 1. The van der Waals surface area contributed by atoms with Crippen molar-refractivity contribution >= 4 is 47.4 Å². The van der Waals surface area contributed by atoms with Gasteiger partial charge < -0.3 is 21.7 Å². The summed E-state index contributed by atoms with van der Waals surface area (Å²) in [4.78, 5) is 65.7. The molecule has 36 heavy (non-hydrogen) atoms. The van der Waals surface area contributed by atoms with Crippen LogP contribution < -0.4 is 27.2 Å². The number of primary amides is 1. The molecule has 0 heterocycles. The lowest BCUT2D eigenvalue weighted by Gasteiger charge is -2.22. The molecule has 1 aromatic rings. The molecule has 0 aliphatic carbocycles. The SMILES string of the molecule is CSCC[C@H](NC(=O)C(=Cc1ccccc1)NC(=O)CNC(=O)[C@@H](C=C=O)NOC(C)(C)C)C(N)=O. The van der Waals surface area contributed by atoms with Crippen molar-refractivity contribution in [1.82, 2.24) is 21.4 Å². The monoisotopic (exact) mass is 519 g/mol. The van der Waals surface area contributed by atoms with Crippen molar-refractivity contribution in [3.63, 3.8) is 0 Å². The van der Waals surface area contributed by atoms with Crippen LogP contribution in [0.3, 0.4) is 0 Å². The van der Waals surface area contributed by atoms with Crippen molar-refractivity contribution in [2.75, 3.05) is 18.6 Å². The number of nitrogens with two attached hydrogens (primary N) is 1. The predicted octanol–water partition coefficient (Wildman–Crippen LogP) is 0.0592. The lowest BCUT2D eigenvalue weighted by Crippen LogP contribution is -2.49. The maximum Gasteiger partial charge on any atom is 0.268 e. The summed E-state index contributed by atoms with van der Waals surface area (Å²) in [5.41, 5.74) is 7.67. The lowest BCUT2D eigenvalue weighted by atomic mass is 10.1. The maximum atomic E-state index is 12.9. The predicted molar refractivity (Wildman–Crippen MR) is 138 cm³/mol. The molecule has 0 fully saturated rings. The van der Waals surface area contributed by atoms with E-state index >= 15 is 0 Å². The highest BCUT2D eigenvalue weighted by Crippen LogP contribution is 2.07. The number of hydrogen-bond donors (Lipinski definition) is 5. The van der Waals surface area contributed by atoms with E-state index in [4.69, 9.17) is 10.6 Å². The standard InChI is InChI=1S/C24H33N5O6S/c1-24(2,3)35-29-18(10-12-30)22(33)26-15-20(31)27-19(14-16-8-6-5-7-9-16)23(34)28-17(21(25)32)11-13-36-4/h5-10,14,17-18,29H,11,13,15H2,1-4H3,(H2,25,32)(H,26,33)(H,27,31)(H,28,34)/t17-,18+/m0/s1. The molecule has 0 aliphatic heterocycles. The van der Waals surface area contributed by atoms with E-state index in [2.05, 4.69) is 21.4 Å². The molecule has 6 N–H and O–H groups in total. The van der Waals surface area contributed by atoms with Gasteiger partial charge >= 0.3 is 0 Å². The Bertz CT molecular complexity index is 986. The van der Waals surface area contributed by atoms with Crippen molar-refractivity contribution in [2.45, 2.75) is 44.9 Å². The maximum absolute atomic E-state index is 12.9. The van der Waals surface area contributed by atoms with Crippen LogP contribution >= 0.6 is 11.8 Å². The van der Waals surface area contributed by atoms with Crippen LogP contribution in [-0.2, 0) is 28.8 Å². The quantitative estimate of drug-likeness (QED) is 0.131. The molecule has 1 rings (SSSR count). The summed E-state index contributed by atoms with van der Waals surface area (Å²) >= 11 is 1.49. The van der Waals surface area contributed by atoms with Crippen LogP contribution in [0.15, 0.2) is 42.1 Å². The molecular weight excluding hydrogens is 486 g/mol. The van der Waals surface area contributed by atoms with Gasteiger partial charge in [0.1, 0.15) is 23.7 Å². The van der Waals surface area contributed by atoms with E-state index in [1.165, 1.54) is 23.8 Å². The Morgan fingerprint density at radius 3 is 2.39 bits per heavy atom. The number of rotatable bonds is 14. The fraction of sp³-hybridized carbons (Fsp3) is 0.417. The van der Waals surface area contributed by atoms with Gasteiger partial charge in [-0.25, -0.2) is 4.79 Å². The number of amides is 4. The molecule has 2 atom stereocenters. The highest BCUT2D eigenvalue weighted by Gasteiger charge is 2.23. The number of benzene rings is 1. The van der Waals surface area contributed by atoms with E-state index < -0.39 is 47.9 Å². The van der Waals surface area contributed by atoms with Crippen molar-refractivity contribution < 1.29 is 28.8 Å². The molecule has 12 heteroatoms. The van der Waals surface area contributed by atoms with Crippen LogP contribution in [0.5, 0.6) is 0 Å². The number of carbonyl (C=O) groups excluding carboxylic acids is 5. The van der Waals surface area contributed by atoms with Crippen molar-refractivity contribution in [2.24, 2.45) is 5.73 Å². The zero-order valence-corrected chi connectivity index (χ0v) is 21.6. The Kier molecular flexibility index (Phi) is 13.2. The van der Waals surface area contributed by atoms with Crippen molar-refractivity contribution in [3.05, 3.63) is 47.7 Å². The topological polar surface area (TPSA) is 169 Å². The average molecular weight is 520 g/mol. The van der Waals surface area contributed by atoms with Gasteiger partial charge in [-0.15, -0.1) is 0 Å². The fourth-order valence-electron chi connectivity index (χ4n) is 2.57. The van der Waals surface area contributed by atoms with Crippen LogP contribution in [-0.4, -0.2) is 65.8 Å². The Balaban J connectivity index is 2.94. The summed E-state index contributed by atoms with van der Waals surface area (Å²) in [6.07, 6.45) is 4.51. The fourth-order valence-corrected chi connectivity index (χ4v) is 3.05. The highest BCUT2D eigenvalue weighted by molar-refractivity contribution is 7.98. The first-order valence-electron chi connectivity index (χ1n) is 11.0. The minimum Gasteiger partial charge on any atom is -0.368 e. The van der Waals surface area contributed by atoms with Gasteiger partial charge in [0.2, 0.25) is 17.7 Å².